The molecule has 0 aromatic heterocycles. The van der Waals surface area contributed by atoms with E-state index in [9.17, 15) is 5.11 Å². The van der Waals surface area contributed by atoms with E-state index in [1.807, 2.05) is 13.1 Å². The van der Waals surface area contributed by atoms with Crippen molar-refractivity contribution in [2.75, 3.05) is 13.7 Å². The van der Waals surface area contributed by atoms with Crippen molar-refractivity contribution in [3.63, 3.8) is 0 Å². The molecule has 0 heterocycles. The number of nitrogens with one attached hydrogen (secondary N) is 1. The minimum Gasteiger partial charge on any atom is -0.493 e. The van der Waals surface area contributed by atoms with Gasteiger partial charge in [0.15, 0.2) is 0 Å². The van der Waals surface area contributed by atoms with Crippen LogP contribution in [0, 0.1) is 6.92 Å². The average molecular weight is 237 g/mol. The van der Waals surface area contributed by atoms with E-state index in [4.69, 9.17) is 4.74 Å². The van der Waals surface area contributed by atoms with Gasteiger partial charge in [0.2, 0.25) is 0 Å². The summed E-state index contributed by atoms with van der Waals surface area (Å²) in [6.45, 7) is 6.48. The van der Waals surface area contributed by atoms with Gasteiger partial charge in [0.25, 0.3) is 0 Å². The smallest absolute Gasteiger partial charge is 0.124 e. The van der Waals surface area contributed by atoms with Crippen LogP contribution in [-0.4, -0.2) is 24.9 Å². The van der Waals surface area contributed by atoms with Gasteiger partial charge in [-0.05, 0) is 39.4 Å². The number of ether oxygens (including phenoxy) is 1. The first kappa shape index (κ1) is 14.0. The van der Waals surface area contributed by atoms with Crippen molar-refractivity contribution in [2.45, 2.75) is 39.3 Å². The highest BCUT2D eigenvalue weighted by atomic mass is 16.5. The third-order valence-corrected chi connectivity index (χ3v) is 2.86. The summed E-state index contributed by atoms with van der Waals surface area (Å²) in [5.74, 6) is 0.910. The molecule has 0 bridgehead atoms. The first-order valence-corrected chi connectivity index (χ1v) is 6.13. The van der Waals surface area contributed by atoms with Gasteiger partial charge in [0, 0.05) is 18.0 Å². The largest absolute Gasteiger partial charge is 0.493 e. The molecule has 0 aliphatic rings. The zero-order chi connectivity index (χ0) is 12.8. The molecule has 3 nitrogen and oxygen atoms in total. The molecule has 0 saturated heterocycles. The predicted molar refractivity (Wildman–Crippen MR) is 70.4 cm³/mol. The molecule has 0 radical (unpaired) electrons. The lowest BCUT2D eigenvalue weighted by Gasteiger charge is -2.17. The summed E-state index contributed by atoms with van der Waals surface area (Å²) in [5, 5.41) is 12.4. The summed E-state index contributed by atoms with van der Waals surface area (Å²) in [4.78, 5) is 0. The molecular formula is C14H23NO2. The van der Waals surface area contributed by atoms with E-state index in [1.165, 1.54) is 5.56 Å². The molecule has 0 amide bonds. The minimum atomic E-state index is -0.315. The molecule has 17 heavy (non-hydrogen) atoms. The van der Waals surface area contributed by atoms with Gasteiger partial charge < -0.3 is 15.2 Å². The van der Waals surface area contributed by atoms with Gasteiger partial charge in [0.05, 0.1) is 12.7 Å². The van der Waals surface area contributed by atoms with Crippen molar-refractivity contribution >= 4 is 0 Å². The molecule has 3 heteroatoms. The van der Waals surface area contributed by atoms with Crippen LogP contribution in [0.2, 0.25) is 0 Å². The molecular weight excluding hydrogens is 214 g/mol. The van der Waals surface area contributed by atoms with Crippen molar-refractivity contribution in [2.24, 2.45) is 0 Å². The second-order valence-electron chi connectivity index (χ2n) is 4.54. The predicted octanol–water partition coefficient (Wildman–Crippen LogP) is 2.43. The normalized spacial score (nSPS) is 14.4. The highest BCUT2D eigenvalue weighted by molar-refractivity contribution is 5.39. The van der Waals surface area contributed by atoms with Crippen LogP contribution >= 0.6 is 0 Å². The average Bonchev–Trinajstić information content (AvgIpc) is 2.28. The van der Waals surface area contributed by atoms with Crippen LogP contribution in [0.3, 0.4) is 0 Å². The Kier molecular flexibility index (Phi) is 5.45. The minimum absolute atomic E-state index is 0.261. The Bertz CT molecular complexity index is 350. The molecule has 2 unspecified atom stereocenters. The Morgan fingerprint density at radius 3 is 2.65 bits per heavy atom. The molecule has 0 spiro atoms. The zero-order valence-electron chi connectivity index (χ0n) is 11.2. The number of aliphatic hydroxyl groups excluding tert-OH is 1. The Labute approximate surface area is 104 Å². The van der Waals surface area contributed by atoms with Gasteiger partial charge in [-0.25, -0.2) is 0 Å². The topological polar surface area (TPSA) is 41.5 Å². The summed E-state index contributed by atoms with van der Waals surface area (Å²) in [5.41, 5.74) is 2.34. The Morgan fingerprint density at radius 2 is 2.06 bits per heavy atom. The molecule has 96 valence electrons. The summed E-state index contributed by atoms with van der Waals surface area (Å²) < 4.78 is 5.75. The molecule has 2 atom stereocenters. The van der Waals surface area contributed by atoms with Crippen LogP contribution < -0.4 is 10.1 Å². The first-order chi connectivity index (χ1) is 8.04. The van der Waals surface area contributed by atoms with E-state index >= 15 is 0 Å². The van der Waals surface area contributed by atoms with Crippen molar-refractivity contribution in [1.29, 1.82) is 0 Å². The van der Waals surface area contributed by atoms with Gasteiger partial charge in [-0.3, -0.25) is 0 Å². The Balaban J connectivity index is 2.76. The van der Waals surface area contributed by atoms with Crippen LogP contribution in [-0.2, 0) is 0 Å². The number of hydrogen-bond acceptors (Lipinski definition) is 3. The van der Waals surface area contributed by atoms with Crippen molar-refractivity contribution < 1.29 is 9.84 Å². The molecule has 0 fully saturated rings. The highest BCUT2D eigenvalue weighted by Gasteiger charge is 2.10. The fourth-order valence-corrected chi connectivity index (χ4v) is 1.62. The number of aryl methyl sites for hydroxylation is 1. The van der Waals surface area contributed by atoms with E-state index in [0.717, 1.165) is 11.3 Å². The molecule has 0 aliphatic carbocycles. The second kappa shape index (κ2) is 6.62. The highest BCUT2D eigenvalue weighted by Crippen LogP contribution is 2.26. The third-order valence-electron chi connectivity index (χ3n) is 2.86. The van der Waals surface area contributed by atoms with Gasteiger partial charge in [-0.1, -0.05) is 12.1 Å². The van der Waals surface area contributed by atoms with Crippen LogP contribution in [0.5, 0.6) is 5.75 Å². The summed E-state index contributed by atoms with van der Waals surface area (Å²) in [6.07, 6.45) is 0.339. The maximum absolute atomic E-state index is 9.22. The Morgan fingerprint density at radius 1 is 1.35 bits per heavy atom. The van der Waals surface area contributed by atoms with E-state index in [-0.39, 0.29) is 12.1 Å². The SMILES string of the molecule is CNC(C)c1ccc(C)cc1OCCC(C)O. The van der Waals surface area contributed by atoms with Crippen LogP contribution in [0.1, 0.15) is 37.4 Å². The van der Waals surface area contributed by atoms with Crippen LogP contribution in [0.15, 0.2) is 18.2 Å². The lowest BCUT2D eigenvalue weighted by atomic mass is 10.1. The monoisotopic (exact) mass is 237 g/mol. The third kappa shape index (κ3) is 4.36. The lowest BCUT2D eigenvalue weighted by Crippen LogP contribution is -2.15. The Hall–Kier alpha value is -1.06. The summed E-state index contributed by atoms with van der Waals surface area (Å²) >= 11 is 0. The maximum atomic E-state index is 9.22. The van der Waals surface area contributed by atoms with Gasteiger partial charge in [-0.2, -0.15) is 0 Å². The molecule has 0 saturated carbocycles. The summed E-state index contributed by atoms with van der Waals surface area (Å²) in [7, 11) is 1.93. The van der Waals surface area contributed by atoms with Crippen LogP contribution in [0.4, 0.5) is 0 Å². The fourth-order valence-electron chi connectivity index (χ4n) is 1.62. The molecule has 1 rings (SSSR count). The van der Waals surface area contributed by atoms with E-state index < -0.39 is 0 Å². The lowest BCUT2D eigenvalue weighted by molar-refractivity contribution is 0.155. The molecule has 1 aromatic carbocycles. The van der Waals surface area contributed by atoms with Gasteiger partial charge in [0.1, 0.15) is 5.75 Å². The fraction of sp³-hybridized carbons (Fsp3) is 0.571. The molecule has 2 N–H and O–H groups in total. The quantitative estimate of drug-likeness (QED) is 0.798. The number of benzene rings is 1. The van der Waals surface area contributed by atoms with Crippen molar-refractivity contribution in [1.82, 2.24) is 5.32 Å². The van der Waals surface area contributed by atoms with Crippen molar-refractivity contribution in [3.05, 3.63) is 29.3 Å². The molecule has 0 aliphatic heterocycles. The van der Waals surface area contributed by atoms with E-state index in [1.54, 1.807) is 6.92 Å². The van der Waals surface area contributed by atoms with Gasteiger partial charge in [-0.15, -0.1) is 0 Å². The number of hydrogen-bond donors (Lipinski definition) is 2. The maximum Gasteiger partial charge on any atom is 0.124 e. The van der Waals surface area contributed by atoms with Crippen molar-refractivity contribution in [3.8, 4) is 5.75 Å². The number of aliphatic hydroxyl groups is 1. The summed E-state index contributed by atoms with van der Waals surface area (Å²) in [6, 6.07) is 6.49. The molecule has 1 aromatic rings. The van der Waals surface area contributed by atoms with E-state index in [0.29, 0.717) is 13.0 Å². The zero-order valence-corrected chi connectivity index (χ0v) is 11.2. The first-order valence-electron chi connectivity index (χ1n) is 6.13. The van der Waals surface area contributed by atoms with E-state index in [2.05, 4.69) is 31.3 Å². The standard InChI is InChI=1S/C14H23NO2/c1-10-5-6-13(12(3)15-4)14(9-10)17-8-7-11(2)16/h5-6,9,11-12,15-16H,7-8H2,1-4H3. The second-order valence-corrected chi connectivity index (χ2v) is 4.54. The number of rotatable bonds is 6. The van der Waals surface area contributed by atoms with Gasteiger partial charge >= 0.3 is 0 Å². The van der Waals surface area contributed by atoms with Crippen LogP contribution in [0.25, 0.3) is 0 Å².